The number of methoxy groups -OCH3 is 1. The number of amides is 1. The van der Waals surface area contributed by atoms with Crippen molar-refractivity contribution in [3.05, 3.63) is 57.6 Å². The highest BCUT2D eigenvalue weighted by Crippen LogP contribution is 2.37. The molecule has 2 N–H and O–H groups in total. The van der Waals surface area contributed by atoms with Gasteiger partial charge in [0.25, 0.3) is 5.91 Å². The van der Waals surface area contributed by atoms with Gasteiger partial charge in [0, 0.05) is 0 Å². The van der Waals surface area contributed by atoms with E-state index in [4.69, 9.17) is 9.84 Å². The Bertz CT molecular complexity index is 1090. The summed E-state index contributed by atoms with van der Waals surface area (Å²) in [6.45, 7) is 0. The van der Waals surface area contributed by atoms with Crippen LogP contribution >= 0.6 is 15.9 Å². The van der Waals surface area contributed by atoms with Crippen LogP contribution in [-0.2, 0) is 4.79 Å². The molecule has 0 atom stereocenters. The first-order valence-corrected chi connectivity index (χ1v) is 8.94. The highest BCUT2D eigenvalue weighted by Gasteiger charge is 2.46. The van der Waals surface area contributed by atoms with Crippen LogP contribution in [0.3, 0.4) is 0 Å². The number of carbonyl (C=O) groups is 2. The number of anilines is 1. The fourth-order valence-corrected chi connectivity index (χ4v) is 3.13. The molecule has 0 bridgehead atoms. The number of carboxylic acids is 1. The number of ether oxygens (including phenoxy) is 1. The van der Waals surface area contributed by atoms with Crippen molar-refractivity contribution < 1.29 is 37.7 Å². The maximum atomic E-state index is 13.5. The van der Waals surface area contributed by atoms with E-state index in [1.54, 1.807) is 0 Å². The predicted molar refractivity (Wildman–Crippen MR) is 105 cm³/mol. The summed E-state index contributed by atoms with van der Waals surface area (Å²) >= 11 is 3.07. The van der Waals surface area contributed by atoms with Crippen molar-refractivity contribution in [2.24, 2.45) is 5.10 Å². The van der Waals surface area contributed by atoms with Gasteiger partial charge in [0.1, 0.15) is 0 Å². The lowest BCUT2D eigenvalue weighted by molar-refractivity contribution is -0.114. The molecule has 0 aromatic heterocycles. The van der Waals surface area contributed by atoms with E-state index in [1.807, 2.05) is 0 Å². The van der Waals surface area contributed by atoms with Gasteiger partial charge < -0.3 is 14.9 Å². The van der Waals surface area contributed by atoms with Crippen LogP contribution in [0.15, 0.2) is 51.5 Å². The largest absolute Gasteiger partial charge is 0.503 e. The minimum absolute atomic E-state index is 0.00622. The third-order valence-electron chi connectivity index (χ3n) is 4.09. The number of hydrazone groups is 1. The van der Waals surface area contributed by atoms with E-state index < -0.39 is 29.3 Å². The smallest absolute Gasteiger partial charge is 0.435 e. The van der Waals surface area contributed by atoms with Crippen molar-refractivity contribution in [2.45, 2.75) is 6.18 Å². The Hall–Kier alpha value is -3.34. The van der Waals surface area contributed by atoms with Crippen LogP contribution in [0.5, 0.6) is 11.5 Å². The average molecular weight is 485 g/mol. The van der Waals surface area contributed by atoms with Gasteiger partial charge in [0.2, 0.25) is 0 Å². The first-order valence-electron chi connectivity index (χ1n) is 8.15. The van der Waals surface area contributed by atoms with E-state index in [0.717, 1.165) is 18.2 Å². The molecule has 0 aliphatic carbocycles. The van der Waals surface area contributed by atoms with Crippen LogP contribution in [0.4, 0.5) is 18.9 Å². The van der Waals surface area contributed by atoms with E-state index in [0.29, 0.717) is 5.01 Å². The zero-order valence-electron chi connectivity index (χ0n) is 15.1. The van der Waals surface area contributed by atoms with Crippen molar-refractivity contribution >= 4 is 45.3 Å². The van der Waals surface area contributed by atoms with Crippen LogP contribution in [0, 0.1) is 0 Å². The minimum Gasteiger partial charge on any atom is -0.503 e. The number of nitrogens with zero attached hydrogens (tertiary/aromatic N) is 2. The fraction of sp³-hybridized carbons (Fsp3) is 0.105. The Morgan fingerprint density at radius 1 is 1.23 bits per heavy atom. The molecule has 0 saturated carbocycles. The zero-order valence-corrected chi connectivity index (χ0v) is 16.7. The number of benzene rings is 2. The minimum atomic E-state index is -4.92. The Morgan fingerprint density at radius 2 is 1.87 bits per heavy atom. The molecule has 1 aliphatic heterocycles. The lowest BCUT2D eigenvalue weighted by Crippen LogP contribution is -2.25. The molecule has 1 aliphatic rings. The number of halogens is 4. The molecule has 2 aromatic rings. The molecular weight excluding hydrogens is 473 g/mol. The normalized spacial score (nSPS) is 15.5. The summed E-state index contributed by atoms with van der Waals surface area (Å²) in [4.78, 5) is 23.7. The molecule has 0 saturated heterocycles. The monoisotopic (exact) mass is 484 g/mol. The van der Waals surface area contributed by atoms with E-state index in [-0.39, 0.29) is 32.8 Å². The van der Waals surface area contributed by atoms with Crippen molar-refractivity contribution in [1.82, 2.24) is 0 Å². The van der Waals surface area contributed by atoms with Gasteiger partial charge in [-0.15, -0.1) is 0 Å². The topological polar surface area (TPSA) is 99.4 Å². The summed E-state index contributed by atoms with van der Waals surface area (Å²) < 4.78 is 45.7. The Balaban J connectivity index is 2.08. The molecule has 3 rings (SSSR count). The predicted octanol–water partition coefficient (Wildman–Crippen LogP) is 4.21. The maximum absolute atomic E-state index is 13.5. The summed E-state index contributed by atoms with van der Waals surface area (Å²) in [6.07, 6.45) is -3.94. The molecule has 30 heavy (non-hydrogen) atoms. The molecule has 0 unspecified atom stereocenters. The lowest BCUT2D eigenvalue weighted by Gasteiger charge is -2.12. The van der Waals surface area contributed by atoms with Crippen LogP contribution in [0.25, 0.3) is 6.08 Å². The first kappa shape index (κ1) is 21.4. The van der Waals surface area contributed by atoms with Gasteiger partial charge >= 0.3 is 12.1 Å². The molecule has 0 radical (unpaired) electrons. The molecule has 11 heteroatoms. The summed E-state index contributed by atoms with van der Waals surface area (Å²) in [5.74, 6) is -2.52. The number of aromatic carboxylic acids is 1. The molecule has 0 spiro atoms. The third-order valence-corrected chi connectivity index (χ3v) is 4.69. The standard InChI is InChI=1S/C19H12BrF3N2O5/c1-30-14-8-9(7-13(20)15(14)26)6-12-16(19(21,22)23)24-25(17(12)27)11-4-2-10(3-5-11)18(28)29/h2-8,26H,1H3,(H,28,29)/b12-6+. The van der Waals surface area contributed by atoms with E-state index in [2.05, 4.69) is 21.0 Å². The molecule has 7 nitrogen and oxygen atoms in total. The zero-order chi connectivity index (χ0) is 22.2. The summed E-state index contributed by atoms with van der Waals surface area (Å²) in [6, 6.07) is 7.24. The number of aromatic hydroxyl groups is 1. The average Bonchev–Trinajstić information content (AvgIpc) is 3.01. The number of hydrogen-bond acceptors (Lipinski definition) is 5. The molecular formula is C19H12BrF3N2O5. The molecule has 2 aromatic carbocycles. The molecule has 156 valence electrons. The van der Waals surface area contributed by atoms with Crippen molar-refractivity contribution in [3.8, 4) is 11.5 Å². The maximum Gasteiger partial charge on any atom is 0.435 e. The number of phenols is 1. The van der Waals surface area contributed by atoms with E-state index in [9.17, 15) is 27.9 Å². The second-order valence-corrected chi connectivity index (χ2v) is 6.88. The highest BCUT2D eigenvalue weighted by atomic mass is 79.9. The Morgan fingerprint density at radius 3 is 2.40 bits per heavy atom. The fourth-order valence-electron chi connectivity index (χ4n) is 2.67. The van der Waals surface area contributed by atoms with E-state index >= 15 is 0 Å². The van der Waals surface area contributed by atoms with Gasteiger partial charge in [0.15, 0.2) is 17.2 Å². The highest BCUT2D eigenvalue weighted by molar-refractivity contribution is 9.10. The third kappa shape index (κ3) is 4.01. The van der Waals surface area contributed by atoms with Gasteiger partial charge in [-0.2, -0.15) is 23.3 Å². The summed E-state index contributed by atoms with van der Waals surface area (Å²) in [5.41, 5.74) is -2.09. The molecule has 1 amide bonds. The number of carboxylic acid groups (broad SMARTS) is 1. The molecule has 1 heterocycles. The molecule has 0 fully saturated rings. The van der Waals surface area contributed by atoms with Gasteiger partial charge in [-0.25, -0.2) is 4.79 Å². The SMILES string of the molecule is COc1cc(/C=C2/C(=O)N(c3ccc(C(=O)O)cc3)N=C2C(F)(F)F)cc(Br)c1O. The van der Waals surface area contributed by atoms with Crippen LogP contribution < -0.4 is 9.75 Å². The van der Waals surface area contributed by atoms with Crippen molar-refractivity contribution in [3.63, 3.8) is 0 Å². The first-order chi connectivity index (χ1) is 14.0. The van der Waals surface area contributed by atoms with Crippen molar-refractivity contribution in [1.29, 1.82) is 0 Å². The van der Waals surface area contributed by atoms with Gasteiger partial charge in [-0.05, 0) is 64.0 Å². The van der Waals surface area contributed by atoms with Crippen LogP contribution in [0.2, 0.25) is 0 Å². The Labute approximate surface area is 175 Å². The second-order valence-electron chi connectivity index (χ2n) is 6.03. The summed E-state index contributed by atoms with van der Waals surface area (Å²) in [7, 11) is 1.27. The summed E-state index contributed by atoms with van der Waals surface area (Å²) in [5, 5.41) is 22.8. The lowest BCUT2D eigenvalue weighted by atomic mass is 10.1. The Kier molecular flexibility index (Phi) is 5.57. The second kappa shape index (κ2) is 7.82. The van der Waals surface area contributed by atoms with E-state index in [1.165, 1.54) is 31.4 Å². The van der Waals surface area contributed by atoms with Gasteiger partial charge in [-0.1, -0.05) is 0 Å². The number of phenolic OH excluding ortho intramolecular Hbond substituents is 1. The number of alkyl halides is 3. The van der Waals surface area contributed by atoms with Crippen molar-refractivity contribution in [2.75, 3.05) is 12.1 Å². The van der Waals surface area contributed by atoms with Crippen LogP contribution in [0.1, 0.15) is 15.9 Å². The quantitative estimate of drug-likeness (QED) is 0.633. The number of hydrogen-bond donors (Lipinski definition) is 2. The van der Waals surface area contributed by atoms with Crippen LogP contribution in [-0.4, -0.2) is 41.1 Å². The number of carbonyl (C=O) groups excluding carboxylic acids is 1. The number of rotatable bonds is 4. The van der Waals surface area contributed by atoms with Gasteiger partial charge in [0.05, 0.1) is 28.4 Å². The van der Waals surface area contributed by atoms with Gasteiger partial charge in [-0.3, -0.25) is 4.79 Å².